The molecule has 0 heterocycles. The van der Waals surface area contributed by atoms with Crippen molar-refractivity contribution in [2.24, 2.45) is 0 Å². The van der Waals surface area contributed by atoms with Gasteiger partial charge < -0.3 is 10.6 Å². The Balaban J connectivity index is 2.14. The quantitative estimate of drug-likeness (QED) is 0.912. The fraction of sp³-hybridized carbons (Fsp3) is 0.125. The SMILES string of the molecule is CNC(=O)c1ccccc1NC(=O)Cc1ccccc1Cl. The highest BCUT2D eigenvalue weighted by Gasteiger charge is 2.12. The Morgan fingerprint density at radius 3 is 2.43 bits per heavy atom. The Morgan fingerprint density at radius 1 is 1.05 bits per heavy atom. The van der Waals surface area contributed by atoms with Crippen molar-refractivity contribution in [2.75, 3.05) is 12.4 Å². The van der Waals surface area contributed by atoms with Crippen LogP contribution < -0.4 is 10.6 Å². The van der Waals surface area contributed by atoms with Crippen molar-refractivity contribution in [1.82, 2.24) is 5.32 Å². The van der Waals surface area contributed by atoms with E-state index in [-0.39, 0.29) is 18.2 Å². The number of amides is 2. The summed E-state index contributed by atoms with van der Waals surface area (Å²) in [4.78, 5) is 23.8. The van der Waals surface area contributed by atoms with E-state index in [1.54, 1.807) is 43.4 Å². The van der Waals surface area contributed by atoms with Gasteiger partial charge in [0.05, 0.1) is 17.7 Å². The third-order valence-electron chi connectivity index (χ3n) is 2.98. The van der Waals surface area contributed by atoms with Crippen LogP contribution in [0.5, 0.6) is 0 Å². The zero-order chi connectivity index (χ0) is 15.2. The molecule has 0 aliphatic carbocycles. The third kappa shape index (κ3) is 3.83. The minimum Gasteiger partial charge on any atom is -0.355 e. The predicted octanol–water partition coefficient (Wildman–Crippen LogP) is 2.88. The summed E-state index contributed by atoms with van der Waals surface area (Å²) >= 11 is 6.03. The van der Waals surface area contributed by atoms with Crippen LogP contribution >= 0.6 is 11.6 Å². The highest BCUT2D eigenvalue weighted by atomic mass is 35.5. The highest BCUT2D eigenvalue weighted by Crippen LogP contribution is 2.18. The molecule has 0 unspecified atom stereocenters. The molecule has 21 heavy (non-hydrogen) atoms. The molecule has 5 heteroatoms. The number of hydrogen-bond acceptors (Lipinski definition) is 2. The Labute approximate surface area is 128 Å². The first-order valence-corrected chi connectivity index (χ1v) is 6.84. The Hall–Kier alpha value is -2.33. The fourth-order valence-electron chi connectivity index (χ4n) is 1.93. The second kappa shape index (κ2) is 6.90. The number of rotatable bonds is 4. The number of para-hydroxylation sites is 1. The van der Waals surface area contributed by atoms with Crippen molar-refractivity contribution in [3.05, 3.63) is 64.7 Å². The van der Waals surface area contributed by atoms with E-state index in [1.807, 2.05) is 12.1 Å². The zero-order valence-electron chi connectivity index (χ0n) is 11.5. The van der Waals surface area contributed by atoms with Gasteiger partial charge in [-0.3, -0.25) is 9.59 Å². The van der Waals surface area contributed by atoms with Crippen molar-refractivity contribution in [3.8, 4) is 0 Å². The van der Waals surface area contributed by atoms with Crippen LogP contribution in [0, 0.1) is 0 Å². The van der Waals surface area contributed by atoms with Gasteiger partial charge in [0, 0.05) is 12.1 Å². The molecule has 0 radical (unpaired) electrons. The topological polar surface area (TPSA) is 58.2 Å². The lowest BCUT2D eigenvalue weighted by molar-refractivity contribution is -0.115. The lowest BCUT2D eigenvalue weighted by atomic mass is 10.1. The van der Waals surface area contributed by atoms with Crippen LogP contribution in [-0.4, -0.2) is 18.9 Å². The second-order valence-corrected chi connectivity index (χ2v) is 4.85. The van der Waals surface area contributed by atoms with Gasteiger partial charge in [0.25, 0.3) is 5.91 Å². The minimum atomic E-state index is -0.247. The van der Waals surface area contributed by atoms with E-state index >= 15 is 0 Å². The number of carbonyl (C=O) groups excluding carboxylic acids is 2. The number of carbonyl (C=O) groups is 2. The first kappa shape index (κ1) is 15.1. The summed E-state index contributed by atoms with van der Waals surface area (Å²) in [6, 6.07) is 14.0. The largest absolute Gasteiger partial charge is 0.355 e. The number of nitrogens with one attached hydrogen (secondary N) is 2. The number of anilines is 1. The van der Waals surface area contributed by atoms with Crippen molar-refractivity contribution >= 4 is 29.1 Å². The molecule has 0 fully saturated rings. The summed E-state index contributed by atoms with van der Waals surface area (Å²) < 4.78 is 0. The van der Waals surface area contributed by atoms with Crippen molar-refractivity contribution in [3.63, 3.8) is 0 Å². The molecule has 0 saturated heterocycles. The molecule has 2 N–H and O–H groups in total. The van der Waals surface area contributed by atoms with Gasteiger partial charge in [0.2, 0.25) is 5.91 Å². The van der Waals surface area contributed by atoms with E-state index in [0.29, 0.717) is 16.3 Å². The normalized spacial score (nSPS) is 10.0. The standard InChI is InChI=1S/C16H15ClN2O2/c1-18-16(21)12-7-3-5-9-14(12)19-15(20)10-11-6-2-4-8-13(11)17/h2-9H,10H2,1H3,(H,18,21)(H,19,20). The second-order valence-electron chi connectivity index (χ2n) is 4.44. The summed E-state index contributed by atoms with van der Waals surface area (Å²) in [5.74, 6) is -0.469. The van der Waals surface area contributed by atoms with Crippen LogP contribution in [0.2, 0.25) is 5.02 Å². The molecule has 108 valence electrons. The molecule has 2 aromatic rings. The summed E-state index contributed by atoms with van der Waals surface area (Å²) in [7, 11) is 1.55. The van der Waals surface area contributed by atoms with E-state index in [0.717, 1.165) is 5.56 Å². The van der Waals surface area contributed by atoms with Gasteiger partial charge >= 0.3 is 0 Å². The van der Waals surface area contributed by atoms with E-state index in [1.165, 1.54) is 0 Å². The zero-order valence-corrected chi connectivity index (χ0v) is 12.3. The molecular formula is C16H15ClN2O2. The number of benzene rings is 2. The average Bonchev–Trinajstić information content (AvgIpc) is 2.49. The Kier molecular flexibility index (Phi) is 4.95. The maximum absolute atomic E-state index is 12.1. The van der Waals surface area contributed by atoms with Gasteiger partial charge in [0.15, 0.2) is 0 Å². The number of halogens is 1. The van der Waals surface area contributed by atoms with Crippen LogP contribution in [0.1, 0.15) is 15.9 Å². The van der Waals surface area contributed by atoms with E-state index in [4.69, 9.17) is 11.6 Å². The highest BCUT2D eigenvalue weighted by molar-refractivity contribution is 6.31. The maximum Gasteiger partial charge on any atom is 0.253 e. The molecule has 4 nitrogen and oxygen atoms in total. The Morgan fingerprint density at radius 2 is 1.71 bits per heavy atom. The number of hydrogen-bond donors (Lipinski definition) is 2. The summed E-state index contributed by atoms with van der Waals surface area (Å²) in [6.07, 6.45) is 0.155. The predicted molar refractivity (Wildman–Crippen MR) is 83.6 cm³/mol. The molecule has 2 rings (SSSR count). The molecule has 2 aromatic carbocycles. The Bertz CT molecular complexity index is 671. The van der Waals surface area contributed by atoms with Gasteiger partial charge in [-0.2, -0.15) is 0 Å². The third-order valence-corrected chi connectivity index (χ3v) is 3.35. The van der Waals surface area contributed by atoms with Crippen molar-refractivity contribution in [2.45, 2.75) is 6.42 Å². The smallest absolute Gasteiger partial charge is 0.253 e. The maximum atomic E-state index is 12.1. The van der Waals surface area contributed by atoms with Crippen molar-refractivity contribution in [1.29, 1.82) is 0 Å². The molecule has 0 saturated carbocycles. The van der Waals surface area contributed by atoms with Gasteiger partial charge in [-0.15, -0.1) is 0 Å². The summed E-state index contributed by atoms with van der Waals surface area (Å²) in [6.45, 7) is 0. The summed E-state index contributed by atoms with van der Waals surface area (Å²) in [5.41, 5.74) is 1.65. The van der Waals surface area contributed by atoms with Gasteiger partial charge in [-0.25, -0.2) is 0 Å². The summed E-state index contributed by atoms with van der Waals surface area (Å²) in [5, 5.41) is 5.83. The molecule has 0 bridgehead atoms. The monoisotopic (exact) mass is 302 g/mol. The van der Waals surface area contributed by atoms with Crippen LogP contribution in [0.15, 0.2) is 48.5 Å². The molecule has 0 atom stereocenters. The molecule has 0 aromatic heterocycles. The van der Waals surface area contributed by atoms with E-state index in [9.17, 15) is 9.59 Å². The van der Waals surface area contributed by atoms with Crippen LogP contribution in [0.25, 0.3) is 0 Å². The van der Waals surface area contributed by atoms with Gasteiger partial charge in [0.1, 0.15) is 0 Å². The molecule has 0 spiro atoms. The van der Waals surface area contributed by atoms with Crippen LogP contribution in [-0.2, 0) is 11.2 Å². The lowest BCUT2D eigenvalue weighted by Gasteiger charge is -2.10. The van der Waals surface area contributed by atoms with E-state index < -0.39 is 0 Å². The average molecular weight is 303 g/mol. The molecule has 2 amide bonds. The van der Waals surface area contributed by atoms with Gasteiger partial charge in [-0.1, -0.05) is 41.9 Å². The molecule has 0 aliphatic heterocycles. The first-order chi connectivity index (χ1) is 10.1. The van der Waals surface area contributed by atoms with Crippen molar-refractivity contribution < 1.29 is 9.59 Å². The molecular weight excluding hydrogens is 288 g/mol. The fourth-order valence-corrected chi connectivity index (χ4v) is 2.14. The van der Waals surface area contributed by atoms with Gasteiger partial charge in [-0.05, 0) is 23.8 Å². The molecule has 0 aliphatic rings. The van der Waals surface area contributed by atoms with E-state index in [2.05, 4.69) is 10.6 Å². The first-order valence-electron chi connectivity index (χ1n) is 6.46. The lowest BCUT2D eigenvalue weighted by Crippen LogP contribution is -2.22. The van der Waals surface area contributed by atoms with Crippen LogP contribution in [0.4, 0.5) is 5.69 Å². The van der Waals surface area contributed by atoms with Crippen LogP contribution in [0.3, 0.4) is 0 Å². The minimum absolute atomic E-state index is 0.155.